The molecule has 1 aromatic heterocycles. The van der Waals surface area contributed by atoms with E-state index in [1.54, 1.807) is 0 Å². The summed E-state index contributed by atoms with van der Waals surface area (Å²) in [7, 11) is 0. The molecule has 4 heterocycles. The van der Waals surface area contributed by atoms with Crippen LogP contribution in [-0.4, -0.2) is 40.3 Å². The van der Waals surface area contributed by atoms with Gasteiger partial charge < -0.3 is 14.8 Å². The molecule has 2 aromatic carbocycles. The molecule has 0 radical (unpaired) electrons. The number of H-pyrrole nitrogens is 1. The molecule has 3 aliphatic rings. The van der Waals surface area contributed by atoms with Crippen molar-refractivity contribution in [2.75, 3.05) is 19.6 Å². The Balaban J connectivity index is 1.50. The van der Waals surface area contributed by atoms with Crippen LogP contribution in [0.2, 0.25) is 0 Å². The van der Waals surface area contributed by atoms with Crippen LogP contribution < -0.4 is 0 Å². The van der Waals surface area contributed by atoms with E-state index in [0.29, 0.717) is 13.1 Å². The van der Waals surface area contributed by atoms with Crippen LogP contribution in [0.25, 0.3) is 10.9 Å². The van der Waals surface area contributed by atoms with Gasteiger partial charge in [0.05, 0.1) is 6.04 Å². The Kier molecular flexibility index (Phi) is 3.88. The highest BCUT2D eigenvalue weighted by Gasteiger charge is 2.46. The molecule has 0 saturated heterocycles. The van der Waals surface area contributed by atoms with E-state index in [9.17, 15) is 4.79 Å². The minimum atomic E-state index is 0.162. The van der Waals surface area contributed by atoms with E-state index in [-0.39, 0.29) is 17.9 Å². The van der Waals surface area contributed by atoms with E-state index < -0.39 is 0 Å². The molecule has 0 bridgehead atoms. The monoisotopic (exact) mass is 395 g/mol. The van der Waals surface area contributed by atoms with E-state index in [0.717, 1.165) is 25.1 Å². The molecule has 0 aliphatic carbocycles. The van der Waals surface area contributed by atoms with Crippen LogP contribution in [0.15, 0.2) is 78.5 Å². The Bertz CT molecular complexity index is 1190. The lowest BCUT2D eigenvalue weighted by Crippen LogP contribution is -2.41. The summed E-state index contributed by atoms with van der Waals surface area (Å²) in [5.41, 5.74) is 7.45. The summed E-state index contributed by atoms with van der Waals surface area (Å²) >= 11 is 0. The second-order valence-corrected chi connectivity index (χ2v) is 8.57. The van der Waals surface area contributed by atoms with Crippen molar-refractivity contribution in [1.82, 2.24) is 14.8 Å². The SMILES string of the molecule is C=CCN1CC2=C(C1=O)N1CCc3c([nH]c4ccccc34)[C@H]1C[C@@H]2c1ccccc1. The van der Waals surface area contributed by atoms with Crippen LogP contribution in [0.3, 0.4) is 0 Å². The molecular formula is C26H25N3O. The van der Waals surface area contributed by atoms with Gasteiger partial charge in [-0.05, 0) is 35.6 Å². The van der Waals surface area contributed by atoms with Gasteiger partial charge in [0.2, 0.25) is 0 Å². The fourth-order valence-corrected chi connectivity index (χ4v) is 5.74. The highest BCUT2D eigenvalue weighted by Crippen LogP contribution is 2.50. The number of para-hydroxylation sites is 1. The first kappa shape index (κ1) is 17.6. The van der Waals surface area contributed by atoms with E-state index in [4.69, 9.17) is 0 Å². The lowest BCUT2D eigenvalue weighted by Gasteiger charge is -2.43. The molecule has 150 valence electrons. The van der Waals surface area contributed by atoms with Crippen LogP contribution in [-0.2, 0) is 11.2 Å². The summed E-state index contributed by atoms with van der Waals surface area (Å²) in [6.45, 7) is 6.07. The van der Waals surface area contributed by atoms with Crippen LogP contribution in [0.1, 0.15) is 35.2 Å². The molecule has 30 heavy (non-hydrogen) atoms. The first-order valence-electron chi connectivity index (χ1n) is 10.8. The number of rotatable bonds is 3. The first-order valence-corrected chi connectivity index (χ1v) is 10.8. The van der Waals surface area contributed by atoms with E-state index in [2.05, 4.69) is 71.1 Å². The Hall–Kier alpha value is -3.27. The van der Waals surface area contributed by atoms with Crippen LogP contribution in [0.4, 0.5) is 0 Å². The zero-order valence-electron chi connectivity index (χ0n) is 17.0. The fourth-order valence-electron chi connectivity index (χ4n) is 5.74. The van der Waals surface area contributed by atoms with Gasteiger partial charge in [-0.15, -0.1) is 6.58 Å². The predicted octanol–water partition coefficient (Wildman–Crippen LogP) is 4.54. The molecule has 0 saturated carbocycles. The highest BCUT2D eigenvalue weighted by molar-refractivity contribution is 5.97. The number of hydrogen-bond donors (Lipinski definition) is 1. The molecule has 6 rings (SSSR count). The van der Waals surface area contributed by atoms with E-state index in [1.165, 1.54) is 33.3 Å². The van der Waals surface area contributed by atoms with Gasteiger partial charge in [-0.2, -0.15) is 0 Å². The maximum atomic E-state index is 13.4. The zero-order chi connectivity index (χ0) is 20.2. The molecule has 0 unspecified atom stereocenters. The van der Waals surface area contributed by atoms with E-state index in [1.807, 2.05) is 11.0 Å². The van der Waals surface area contributed by atoms with Crippen molar-refractivity contribution in [3.63, 3.8) is 0 Å². The minimum absolute atomic E-state index is 0.162. The van der Waals surface area contributed by atoms with Crippen molar-refractivity contribution in [3.8, 4) is 0 Å². The average Bonchev–Trinajstić information content (AvgIpc) is 3.32. The lowest BCUT2D eigenvalue weighted by molar-refractivity contribution is -0.126. The maximum absolute atomic E-state index is 13.4. The molecule has 4 heteroatoms. The van der Waals surface area contributed by atoms with Crippen LogP contribution in [0.5, 0.6) is 0 Å². The minimum Gasteiger partial charge on any atom is -0.358 e. The third kappa shape index (κ3) is 2.43. The summed E-state index contributed by atoms with van der Waals surface area (Å²) in [6, 6.07) is 19.5. The quantitative estimate of drug-likeness (QED) is 0.662. The third-order valence-electron chi connectivity index (χ3n) is 7.03. The summed E-state index contributed by atoms with van der Waals surface area (Å²) < 4.78 is 0. The Morgan fingerprint density at radius 3 is 2.73 bits per heavy atom. The molecule has 4 nitrogen and oxygen atoms in total. The van der Waals surface area contributed by atoms with Gasteiger partial charge in [-0.3, -0.25) is 4.79 Å². The van der Waals surface area contributed by atoms with Crippen molar-refractivity contribution in [2.45, 2.75) is 24.8 Å². The molecule has 3 aliphatic heterocycles. The number of benzene rings is 2. The van der Waals surface area contributed by atoms with E-state index >= 15 is 0 Å². The number of aromatic nitrogens is 1. The van der Waals surface area contributed by atoms with Gasteiger partial charge in [0, 0.05) is 42.1 Å². The number of hydrogen-bond acceptors (Lipinski definition) is 2. The summed E-state index contributed by atoms with van der Waals surface area (Å²) in [5, 5.41) is 1.33. The molecule has 2 atom stereocenters. The Labute approximate surface area is 176 Å². The maximum Gasteiger partial charge on any atom is 0.270 e. The molecular weight excluding hydrogens is 370 g/mol. The fraction of sp³-hybridized carbons (Fsp3) is 0.269. The van der Waals surface area contributed by atoms with Crippen molar-refractivity contribution in [1.29, 1.82) is 0 Å². The Morgan fingerprint density at radius 1 is 1.10 bits per heavy atom. The first-order chi connectivity index (χ1) is 14.8. The largest absolute Gasteiger partial charge is 0.358 e. The van der Waals surface area contributed by atoms with Gasteiger partial charge in [-0.1, -0.05) is 54.6 Å². The number of nitrogens with one attached hydrogen (secondary N) is 1. The van der Waals surface area contributed by atoms with Crippen LogP contribution >= 0.6 is 0 Å². The van der Waals surface area contributed by atoms with Gasteiger partial charge in [0.1, 0.15) is 5.70 Å². The second kappa shape index (κ2) is 6.63. The molecule has 3 aromatic rings. The molecule has 0 fully saturated rings. The van der Waals surface area contributed by atoms with Crippen molar-refractivity contribution in [3.05, 3.63) is 95.3 Å². The number of amides is 1. The summed E-state index contributed by atoms with van der Waals surface area (Å²) in [4.78, 5) is 21.5. The smallest absolute Gasteiger partial charge is 0.270 e. The predicted molar refractivity (Wildman–Crippen MR) is 119 cm³/mol. The molecule has 1 N–H and O–H groups in total. The van der Waals surface area contributed by atoms with Crippen LogP contribution in [0, 0.1) is 0 Å². The summed E-state index contributed by atoms with van der Waals surface area (Å²) in [5.74, 6) is 0.425. The standard InChI is InChI=1S/C26H25N3O/c1-2-13-28-16-21-20(17-8-4-3-5-9-17)15-23-24-19(12-14-29(23)25(21)26(28)30)18-10-6-7-11-22(18)27-24/h2-11,20,23,27H,1,12-16H2/t20-,23-/m1/s1. The van der Waals surface area contributed by atoms with Crippen molar-refractivity contribution in [2.24, 2.45) is 0 Å². The molecule has 0 spiro atoms. The van der Waals surface area contributed by atoms with Gasteiger partial charge in [0.25, 0.3) is 5.91 Å². The lowest BCUT2D eigenvalue weighted by atomic mass is 9.78. The topological polar surface area (TPSA) is 39.3 Å². The number of aromatic amines is 1. The number of nitrogens with zero attached hydrogens (tertiary/aromatic N) is 2. The number of fused-ring (bicyclic) bond motifs is 6. The molecule has 1 amide bonds. The zero-order valence-corrected chi connectivity index (χ0v) is 17.0. The Morgan fingerprint density at radius 2 is 1.90 bits per heavy atom. The average molecular weight is 396 g/mol. The van der Waals surface area contributed by atoms with Gasteiger partial charge in [-0.25, -0.2) is 0 Å². The van der Waals surface area contributed by atoms with Gasteiger partial charge in [0.15, 0.2) is 0 Å². The summed E-state index contributed by atoms with van der Waals surface area (Å²) in [6.07, 6.45) is 3.80. The highest BCUT2D eigenvalue weighted by atomic mass is 16.2. The van der Waals surface area contributed by atoms with Crippen molar-refractivity contribution >= 4 is 16.8 Å². The third-order valence-corrected chi connectivity index (χ3v) is 7.03. The normalized spacial score (nSPS) is 22.9. The van der Waals surface area contributed by atoms with Gasteiger partial charge >= 0.3 is 0 Å². The number of carbonyl (C=O) groups excluding carboxylic acids is 1. The van der Waals surface area contributed by atoms with Crippen molar-refractivity contribution < 1.29 is 4.79 Å². The number of carbonyl (C=O) groups is 1. The second-order valence-electron chi connectivity index (χ2n) is 8.57.